The minimum absolute atomic E-state index is 0. The summed E-state index contributed by atoms with van der Waals surface area (Å²) in [7, 11) is 0. The van der Waals surface area contributed by atoms with Gasteiger partial charge in [0.1, 0.15) is 0 Å². The molecule has 0 saturated heterocycles. The highest BCUT2D eigenvalue weighted by molar-refractivity contribution is 14.0. The Bertz CT molecular complexity index is 570. The molecule has 1 aromatic carbocycles. The molecule has 26 heavy (non-hydrogen) atoms. The van der Waals surface area contributed by atoms with Crippen molar-refractivity contribution in [3.05, 3.63) is 35.9 Å². The largest absolute Gasteiger partial charge is 0.357 e. The van der Waals surface area contributed by atoms with Crippen LogP contribution >= 0.6 is 24.0 Å². The summed E-state index contributed by atoms with van der Waals surface area (Å²) in [4.78, 5) is 16.4. The van der Waals surface area contributed by atoms with Gasteiger partial charge in [-0.25, -0.2) is 0 Å². The highest BCUT2D eigenvalue weighted by Crippen LogP contribution is 2.43. The van der Waals surface area contributed by atoms with Crippen molar-refractivity contribution in [3.63, 3.8) is 0 Å². The molecule has 2 rings (SSSR count). The highest BCUT2D eigenvalue weighted by atomic mass is 127. The molecule has 3 N–H and O–H groups in total. The number of nitrogens with zero attached hydrogens (tertiary/aromatic N) is 1. The maximum atomic E-state index is 11.6. The number of benzene rings is 1. The normalized spacial score (nSPS) is 15.6. The van der Waals surface area contributed by atoms with E-state index in [1.807, 2.05) is 13.8 Å². The van der Waals surface area contributed by atoms with Crippen LogP contribution in [-0.2, 0) is 10.2 Å². The Morgan fingerprint density at radius 3 is 2.31 bits per heavy atom. The lowest BCUT2D eigenvalue weighted by Crippen LogP contribution is -2.44. The number of nitrogens with one attached hydrogen (secondary N) is 3. The van der Waals surface area contributed by atoms with Crippen LogP contribution in [0.4, 0.5) is 0 Å². The quantitative estimate of drug-likeness (QED) is 0.236. The molecule has 0 heterocycles. The van der Waals surface area contributed by atoms with Crippen LogP contribution in [0.1, 0.15) is 45.6 Å². The lowest BCUT2D eigenvalue weighted by molar-refractivity contribution is -0.123. The van der Waals surface area contributed by atoms with Gasteiger partial charge in [0.15, 0.2) is 5.96 Å². The van der Waals surface area contributed by atoms with E-state index in [0.717, 1.165) is 19.0 Å². The molecule has 0 unspecified atom stereocenters. The summed E-state index contributed by atoms with van der Waals surface area (Å²) in [6.07, 6.45) is 3.67. The van der Waals surface area contributed by atoms with Crippen molar-refractivity contribution >= 4 is 35.8 Å². The Kier molecular flexibility index (Phi) is 9.98. The molecule has 5 nitrogen and oxygen atoms in total. The number of hydrogen-bond acceptors (Lipinski definition) is 2. The third-order valence-corrected chi connectivity index (χ3v) is 4.82. The average molecular weight is 472 g/mol. The number of amides is 1. The van der Waals surface area contributed by atoms with E-state index in [9.17, 15) is 4.79 Å². The Morgan fingerprint density at radius 1 is 1.12 bits per heavy atom. The molecule has 0 bridgehead atoms. The van der Waals surface area contributed by atoms with E-state index in [0.29, 0.717) is 13.1 Å². The molecular weight excluding hydrogens is 439 g/mol. The third-order valence-electron chi connectivity index (χ3n) is 4.82. The summed E-state index contributed by atoms with van der Waals surface area (Å²) in [5.41, 5.74) is 1.58. The van der Waals surface area contributed by atoms with Crippen LogP contribution in [0.5, 0.6) is 0 Å². The fourth-order valence-electron chi connectivity index (χ4n) is 3.08. The maximum Gasteiger partial charge on any atom is 0.222 e. The molecule has 1 aliphatic rings. The first kappa shape index (κ1) is 22.7. The van der Waals surface area contributed by atoms with Gasteiger partial charge in [0.2, 0.25) is 5.91 Å². The Hall–Kier alpha value is -1.31. The predicted octanol–water partition coefficient (Wildman–Crippen LogP) is 3.05. The van der Waals surface area contributed by atoms with Gasteiger partial charge in [0.25, 0.3) is 0 Å². The smallest absolute Gasteiger partial charge is 0.222 e. The lowest BCUT2D eigenvalue weighted by atomic mass is 9.64. The van der Waals surface area contributed by atoms with Crippen LogP contribution in [0, 0.1) is 5.92 Å². The number of rotatable bonds is 8. The predicted molar refractivity (Wildman–Crippen MR) is 119 cm³/mol. The lowest BCUT2D eigenvalue weighted by Gasteiger charge is -2.41. The average Bonchev–Trinajstić information content (AvgIpc) is 2.58. The summed E-state index contributed by atoms with van der Waals surface area (Å²) in [5, 5.41) is 9.52. The maximum absolute atomic E-state index is 11.6. The van der Waals surface area contributed by atoms with Gasteiger partial charge >= 0.3 is 0 Å². The molecule has 0 radical (unpaired) electrons. The first-order valence-electron chi connectivity index (χ1n) is 9.43. The van der Waals surface area contributed by atoms with Crippen LogP contribution in [-0.4, -0.2) is 38.0 Å². The van der Waals surface area contributed by atoms with Crippen molar-refractivity contribution in [2.45, 2.75) is 45.4 Å². The molecule has 0 aromatic heterocycles. The van der Waals surface area contributed by atoms with E-state index >= 15 is 0 Å². The monoisotopic (exact) mass is 472 g/mol. The molecule has 1 amide bonds. The first-order chi connectivity index (χ1) is 12.1. The second-order valence-electron chi connectivity index (χ2n) is 7.07. The zero-order chi connectivity index (χ0) is 18.1. The Balaban J connectivity index is 0.00000338. The molecule has 1 aliphatic carbocycles. The van der Waals surface area contributed by atoms with Crippen molar-refractivity contribution in [1.82, 2.24) is 16.0 Å². The van der Waals surface area contributed by atoms with Gasteiger partial charge in [-0.15, -0.1) is 24.0 Å². The molecule has 6 heteroatoms. The number of aliphatic imine (C=N–C) groups is 1. The number of hydrogen-bond donors (Lipinski definition) is 3. The number of carbonyl (C=O) groups is 1. The summed E-state index contributed by atoms with van der Waals surface area (Å²) < 4.78 is 0. The SMILES string of the molecule is CCNC(=NCC1(c2ccccc2)CCC1)NCCNC(=O)C(C)C.I. The highest BCUT2D eigenvalue weighted by Gasteiger charge is 2.38. The molecule has 0 aliphatic heterocycles. The minimum Gasteiger partial charge on any atom is -0.357 e. The van der Waals surface area contributed by atoms with Gasteiger partial charge in [-0.1, -0.05) is 50.6 Å². The van der Waals surface area contributed by atoms with Crippen LogP contribution in [0.2, 0.25) is 0 Å². The molecule has 0 spiro atoms. The van der Waals surface area contributed by atoms with Gasteiger partial charge in [0.05, 0.1) is 6.54 Å². The Labute approximate surface area is 174 Å². The van der Waals surface area contributed by atoms with Crippen molar-refractivity contribution in [1.29, 1.82) is 0 Å². The van der Waals surface area contributed by atoms with Gasteiger partial charge in [-0.05, 0) is 25.3 Å². The minimum atomic E-state index is 0. The van der Waals surface area contributed by atoms with E-state index in [-0.39, 0.29) is 41.2 Å². The molecule has 1 saturated carbocycles. The first-order valence-corrected chi connectivity index (χ1v) is 9.43. The summed E-state index contributed by atoms with van der Waals surface area (Å²) in [5.74, 6) is 0.927. The van der Waals surface area contributed by atoms with Gasteiger partial charge in [0, 0.05) is 31.0 Å². The van der Waals surface area contributed by atoms with Crippen LogP contribution in [0.3, 0.4) is 0 Å². The number of carbonyl (C=O) groups excluding carboxylic acids is 1. The van der Waals surface area contributed by atoms with Crippen molar-refractivity contribution in [2.75, 3.05) is 26.2 Å². The van der Waals surface area contributed by atoms with E-state index in [1.165, 1.54) is 24.8 Å². The molecule has 1 aromatic rings. The van der Waals surface area contributed by atoms with Crippen molar-refractivity contribution in [2.24, 2.45) is 10.9 Å². The van der Waals surface area contributed by atoms with E-state index in [1.54, 1.807) is 0 Å². The van der Waals surface area contributed by atoms with Crippen molar-refractivity contribution < 1.29 is 4.79 Å². The number of halogens is 1. The third kappa shape index (κ3) is 6.45. The van der Waals surface area contributed by atoms with Crippen LogP contribution < -0.4 is 16.0 Å². The van der Waals surface area contributed by atoms with Gasteiger partial charge < -0.3 is 16.0 Å². The zero-order valence-electron chi connectivity index (χ0n) is 16.2. The fraction of sp³-hybridized carbons (Fsp3) is 0.600. The van der Waals surface area contributed by atoms with E-state index in [4.69, 9.17) is 4.99 Å². The topological polar surface area (TPSA) is 65.5 Å². The standard InChI is InChI=1S/C20H32N4O.HI/c1-4-21-19(23-14-13-22-18(25)16(2)3)24-15-20(11-8-12-20)17-9-6-5-7-10-17;/h5-7,9-10,16H,4,8,11-15H2,1-3H3,(H,22,25)(H2,21,23,24);1H. The van der Waals surface area contributed by atoms with Crippen LogP contribution in [0.15, 0.2) is 35.3 Å². The zero-order valence-corrected chi connectivity index (χ0v) is 18.5. The number of guanidine groups is 1. The van der Waals surface area contributed by atoms with Crippen molar-refractivity contribution in [3.8, 4) is 0 Å². The van der Waals surface area contributed by atoms with Gasteiger partial charge in [-0.3, -0.25) is 9.79 Å². The summed E-state index contributed by atoms with van der Waals surface area (Å²) in [6.45, 7) is 8.75. The van der Waals surface area contributed by atoms with Crippen LogP contribution in [0.25, 0.3) is 0 Å². The van der Waals surface area contributed by atoms with E-state index in [2.05, 4.69) is 53.2 Å². The Morgan fingerprint density at radius 2 is 1.77 bits per heavy atom. The molecule has 1 fully saturated rings. The molecular formula is C20H33IN4O. The fourth-order valence-corrected chi connectivity index (χ4v) is 3.08. The van der Waals surface area contributed by atoms with Gasteiger partial charge in [-0.2, -0.15) is 0 Å². The molecule has 146 valence electrons. The summed E-state index contributed by atoms with van der Waals surface area (Å²) in [6, 6.07) is 10.7. The second kappa shape index (κ2) is 11.4. The second-order valence-corrected chi connectivity index (χ2v) is 7.07. The van der Waals surface area contributed by atoms with E-state index < -0.39 is 0 Å². The summed E-state index contributed by atoms with van der Waals surface area (Å²) >= 11 is 0. The molecule has 0 atom stereocenters.